The highest BCUT2D eigenvalue weighted by atomic mass is 16.5. The molecule has 0 amide bonds. The highest BCUT2D eigenvalue weighted by molar-refractivity contribution is 4.79. The zero-order chi connectivity index (χ0) is 11.9. The fourth-order valence-corrected chi connectivity index (χ4v) is 2.25. The van der Waals surface area contributed by atoms with Crippen LogP contribution in [0.5, 0.6) is 0 Å². The lowest BCUT2D eigenvalue weighted by Gasteiger charge is -2.34. The summed E-state index contributed by atoms with van der Waals surface area (Å²) < 4.78 is 5.39. The van der Waals surface area contributed by atoms with Crippen molar-refractivity contribution in [3.8, 4) is 0 Å². The van der Waals surface area contributed by atoms with Gasteiger partial charge < -0.3 is 15.2 Å². The molecule has 0 aromatic heterocycles. The van der Waals surface area contributed by atoms with E-state index in [9.17, 15) is 0 Å². The van der Waals surface area contributed by atoms with Gasteiger partial charge in [0.05, 0.1) is 0 Å². The monoisotopic (exact) mass is 229 g/mol. The summed E-state index contributed by atoms with van der Waals surface area (Å²) in [6.07, 6.45) is 4.39. The number of hydrogen-bond donors (Lipinski definition) is 2. The smallest absolute Gasteiger partial charge is 0.0471 e. The van der Waals surface area contributed by atoms with Crippen LogP contribution in [0.25, 0.3) is 0 Å². The van der Waals surface area contributed by atoms with Crippen LogP contribution < -0.4 is 5.32 Å². The largest absolute Gasteiger partial charge is 0.396 e. The van der Waals surface area contributed by atoms with Crippen LogP contribution in [-0.4, -0.2) is 38.0 Å². The molecule has 1 aliphatic rings. The van der Waals surface area contributed by atoms with Crippen molar-refractivity contribution in [1.82, 2.24) is 5.32 Å². The van der Waals surface area contributed by atoms with E-state index in [2.05, 4.69) is 19.2 Å². The number of ether oxygens (including phenoxy) is 1. The van der Waals surface area contributed by atoms with Gasteiger partial charge in [-0.25, -0.2) is 0 Å². The van der Waals surface area contributed by atoms with Gasteiger partial charge in [0.25, 0.3) is 0 Å². The maximum absolute atomic E-state index is 8.92. The Morgan fingerprint density at radius 3 is 2.62 bits per heavy atom. The molecule has 96 valence electrons. The summed E-state index contributed by atoms with van der Waals surface area (Å²) in [5.74, 6) is 0.619. The van der Waals surface area contributed by atoms with E-state index in [1.54, 1.807) is 0 Å². The minimum Gasteiger partial charge on any atom is -0.396 e. The molecular weight excluding hydrogens is 202 g/mol. The van der Waals surface area contributed by atoms with Gasteiger partial charge in [-0.2, -0.15) is 0 Å². The molecule has 0 aromatic carbocycles. The molecule has 0 saturated carbocycles. The second-order valence-electron chi connectivity index (χ2n) is 5.34. The topological polar surface area (TPSA) is 41.5 Å². The lowest BCUT2D eigenvalue weighted by atomic mass is 9.82. The summed E-state index contributed by atoms with van der Waals surface area (Å²) >= 11 is 0. The maximum atomic E-state index is 8.92. The van der Waals surface area contributed by atoms with Crippen LogP contribution in [0, 0.1) is 11.3 Å². The molecule has 0 aromatic rings. The molecule has 3 heteroatoms. The first kappa shape index (κ1) is 13.9. The molecule has 0 spiro atoms. The fourth-order valence-electron chi connectivity index (χ4n) is 2.25. The summed E-state index contributed by atoms with van der Waals surface area (Å²) in [4.78, 5) is 0. The molecule has 16 heavy (non-hydrogen) atoms. The van der Waals surface area contributed by atoms with Gasteiger partial charge in [-0.05, 0) is 37.1 Å². The van der Waals surface area contributed by atoms with Gasteiger partial charge in [0, 0.05) is 26.4 Å². The zero-order valence-corrected chi connectivity index (χ0v) is 10.8. The van der Waals surface area contributed by atoms with Crippen LogP contribution in [0.15, 0.2) is 0 Å². The Labute approximate surface area is 99.6 Å². The molecule has 1 saturated heterocycles. The van der Waals surface area contributed by atoms with Gasteiger partial charge in [-0.3, -0.25) is 0 Å². The molecule has 1 atom stereocenters. The highest BCUT2D eigenvalue weighted by Gasteiger charge is 2.26. The van der Waals surface area contributed by atoms with Gasteiger partial charge in [0.2, 0.25) is 0 Å². The number of aliphatic hydroxyl groups is 1. The normalized spacial score (nSPS) is 21.9. The minimum absolute atomic E-state index is 0.311. The van der Waals surface area contributed by atoms with Gasteiger partial charge in [0.1, 0.15) is 0 Å². The highest BCUT2D eigenvalue weighted by Crippen LogP contribution is 2.28. The van der Waals surface area contributed by atoms with Crippen molar-refractivity contribution in [3.63, 3.8) is 0 Å². The van der Waals surface area contributed by atoms with E-state index < -0.39 is 0 Å². The van der Waals surface area contributed by atoms with Gasteiger partial charge >= 0.3 is 0 Å². The SMILES string of the molecule is CCC(CCO)CNCC1(C)CCOCC1. The Morgan fingerprint density at radius 2 is 2.06 bits per heavy atom. The molecule has 1 rings (SSSR count). The Hall–Kier alpha value is -0.120. The standard InChI is InChI=1S/C13H27NO2/c1-3-12(4-7-15)10-14-11-13(2)5-8-16-9-6-13/h12,14-15H,3-11H2,1-2H3. The summed E-state index contributed by atoms with van der Waals surface area (Å²) in [7, 11) is 0. The van der Waals surface area contributed by atoms with Gasteiger partial charge in [-0.1, -0.05) is 20.3 Å². The van der Waals surface area contributed by atoms with Crippen LogP contribution in [-0.2, 0) is 4.74 Å². The molecule has 0 radical (unpaired) electrons. The molecule has 2 N–H and O–H groups in total. The molecule has 0 bridgehead atoms. The first-order valence-corrected chi connectivity index (χ1v) is 6.59. The first-order chi connectivity index (χ1) is 7.70. The van der Waals surface area contributed by atoms with E-state index in [1.807, 2.05) is 0 Å². The lowest BCUT2D eigenvalue weighted by molar-refractivity contribution is 0.0236. The third-order valence-electron chi connectivity index (χ3n) is 3.80. The van der Waals surface area contributed by atoms with E-state index in [-0.39, 0.29) is 0 Å². The van der Waals surface area contributed by atoms with Crippen molar-refractivity contribution >= 4 is 0 Å². The third-order valence-corrected chi connectivity index (χ3v) is 3.80. The third kappa shape index (κ3) is 4.81. The van der Waals surface area contributed by atoms with Crippen molar-refractivity contribution in [2.45, 2.75) is 39.5 Å². The van der Waals surface area contributed by atoms with Gasteiger partial charge in [-0.15, -0.1) is 0 Å². The molecule has 1 heterocycles. The van der Waals surface area contributed by atoms with Crippen LogP contribution in [0.4, 0.5) is 0 Å². The average molecular weight is 229 g/mol. The van der Waals surface area contributed by atoms with Crippen molar-refractivity contribution in [2.75, 3.05) is 32.9 Å². The lowest BCUT2D eigenvalue weighted by Crippen LogP contribution is -2.38. The van der Waals surface area contributed by atoms with Crippen LogP contribution in [0.1, 0.15) is 39.5 Å². The predicted molar refractivity (Wildman–Crippen MR) is 66.5 cm³/mol. The second-order valence-corrected chi connectivity index (χ2v) is 5.34. The zero-order valence-electron chi connectivity index (χ0n) is 10.8. The summed E-state index contributed by atoms with van der Waals surface area (Å²) in [5.41, 5.74) is 0.412. The molecule has 1 unspecified atom stereocenters. The molecular formula is C13H27NO2. The number of rotatable bonds is 7. The number of nitrogens with one attached hydrogen (secondary N) is 1. The van der Waals surface area contributed by atoms with E-state index in [0.29, 0.717) is 17.9 Å². The molecule has 1 fully saturated rings. The second kappa shape index (κ2) is 7.25. The van der Waals surface area contributed by atoms with Crippen molar-refractivity contribution in [2.24, 2.45) is 11.3 Å². The van der Waals surface area contributed by atoms with E-state index >= 15 is 0 Å². The predicted octanol–water partition coefficient (Wildman–Crippen LogP) is 1.80. The fraction of sp³-hybridized carbons (Fsp3) is 1.00. The quantitative estimate of drug-likeness (QED) is 0.699. The van der Waals surface area contributed by atoms with E-state index in [1.165, 1.54) is 0 Å². The van der Waals surface area contributed by atoms with E-state index in [4.69, 9.17) is 9.84 Å². The summed E-state index contributed by atoms with van der Waals surface area (Å²) in [5, 5.41) is 12.5. The van der Waals surface area contributed by atoms with Crippen LogP contribution in [0.3, 0.4) is 0 Å². The van der Waals surface area contributed by atoms with Crippen molar-refractivity contribution in [3.05, 3.63) is 0 Å². The summed E-state index contributed by atoms with van der Waals surface area (Å²) in [6.45, 7) is 8.78. The Bertz CT molecular complexity index is 179. The minimum atomic E-state index is 0.311. The molecule has 1 aliphatic heterocycles. The first-order valence-electron chi connectivity index (χ1n) is 6.59. The Kier molecular flexibility index (Phi) is 6.32. The van der Waals surface area contributed by atoms with Crippen molar-refractivity contribution in [1.29, 1.82) is 0 Å². The average Bonchev–Trinajstić information content (AvgIpc) is 2.29. The van der Waals surface area contributed by atoms with E-state index in [0.717, 1.165) is 52.0 Å². The van der Waals surface area contributed by atoms with Crippen LogP contribution in [0.2, 0.25) is 0 Å². The summed E-state index contributed by atoms with van der Waals surface area (Å²) in [6, 6.07) is 0. The molecule has 3 nitrogen and oxygen atoms in total. The number of aliphatic hydroxyl groups excluding tert-OH is 1. The Morgan fingerprint density at radius 1 is 1.38 bits per heavy atom. The maximum Gasteiger partial charge on any atom is 0.0471 e. The van der Waals surface area contributed by atoms with Gasteiger partial charge in [0.15, 0.2) is 0 Å². The molecule has 0 aliphatic carbocycles. The van der Waals surface area contributed by atoms with Crippen LogP contribution >= 0.6 is 0 Å². The van der Waals surface area contributed by atoms with Crippen molar-refractivity contribution < 1.29 is 9.84 Å². The number of hydrogen-bond acceptors (Lipinski definition) is 3. The Balaban J connectivity index is 2.17.